The lowest BCUT2D eigenvalue weighted by atomic mass is 10.1. The van der Waals surface area contributed by atoms with Gasteiger partial charge in [-0.15, -0.1) is 11.3 Å². The minimum atomic E-state index is -3.49. The molecule has 10 heteroatoms. The van der Waals surface area contributed by atoms with Crippen LogP contribution in [0.25, 0.3) is 11.3 Å². The van der Waals surface area contributed by atoms with Gasteiger partial charge in [-0.2, -0.15) is 0 Å². The van der Waals surface area contributed by atoms with Crippen molar-refractivity contribution in [3.05, 3.63) is 63.4 Å². The van der Waals surface area contributed by atoms with Crippen molar-refractivity contribution >= 4 is 56.5 Å². The highest BCUT2D eigenvalue weighted by atomic mass is 35.5. The molecule has 0 fully saturated rings. The number of thiophene rings is 1. The van der Waals surface area contributed by atoms with Crippen molar-refractivity contribution in [3.63, 3.8) is 0 Å². The number of carbonyl (C=O) groups is 2. The van der Waals surface area contributed by atoms with E-state index in [0.717, 1.165) is 17.6 Å². The second kappa shape index (κ2) is 8.09. The molecule has 0 radical (unpaired) electrons. The summed E-state index contributed by atoms with van der Waals surface area (Å²) < 4.78 is 25.1. The number of nitrogens with zero attached hydrogens (tertiary/aromatic N) is 1. The van der Waals surface area contributed by atoms with Crippen molar-refractivity contribution in [1.82, 2.24) is 4.98 Å². The van der Waals surface area contributed by atoms with E-state index in [-0.39, 0.29) is 10.7 Å². The Morgan fingerprint density at radius 1 is 1.18 bits per heavy atom. The normalized spacial score (nSPS) is 11.1. The number of benzene rings is 1. The fourth-order valence-corrected chi connectivity index (χ4v) is 4.11. The average molecular weight is 436 g/mol. The zero-order valence-electron chi connectivity index (χ0n) is 14.5. The zero-order valence-corrected chi connectivity index (χ0v) is 16.9. The third kappa shape index (κ3) is 4.94. The van der Waals surface area contributed by atoms with Crippen LogP contribution in [-0.2, 0) is 10.0 Å². The maximum atomic E-state index is 12.6. The number of halogens is 1. The number of hydrogen-bond acceptors (Lipinski definition) is 6. The molecule has 2 heterocycles. The van der Waals surface area contributed by atoms with E-state index in [1.165, 1.54) is 18.2 Å². The van der Waals surface area contributed by atoms with Crippen LogP contribution in [0.3, 0.4) is 0 Å². The maximum Gasteiger partial charge on any atom is 0.265 e. The number of nitrogens with one attached hydrogen (secondary N) is 2. The number of sulfonamides is 1. The van der Waals surface area contributed by atoms with Gasteiger partial charge in [0.25, 0.3) is 5.91 Å². The van der Waals surface area contributed by atoms with Crippen molar-refractivity contribution in [2.75, 3.05) is 16.3 Å². The molecule has 0 spiro atoms. The summed E-state index contributed by atoms with van der Waals surface area (Å²) in [5.74, 6) is -0.456. The highest BCUT2D eigenvalue weighted by Crippen LogP contribution is 2.30. The number of pyridine rings is 1. The minimum absolute atomic E-state index is 0.222. The van der Waals surface area contributed by atoms with Crippen LogP contribution in [0.1, 0.15) is 19.3 Å². The van der Waals surface area contributed by atoms with E-state index in [1.807, 2.05) is 0 Å². The molecule has 3 aromatic rings. The second-order valence-corrected chi connectivity index (χ2v) is 9.05. The van der Waals surface area contributed by atoms with Crippen LogP contribution in [0, 0.1) is 0 Å². The molecule has 2 N–H and O–H groups in total. The topological polar surface area (TPSA) is 105 Å². The van der Waals surface area contributed by atoms with E-state index < -0.39 is 15.9 Å². The number of amides is 1. The Kier molecular flexibility index (Phi) is 5.78. The van der Waals surface area contributed by atoms with Gasteiger partial charge in [-0.25, -0.2) is 8.42 Å². The quantitative estimate of drug-likeness (QED) is 0.571. The van der Waals surface area contributed by atoms with Crippen LogP contribution >= 0.6 is 22.9 Å². The van der Waals surface area contributed by atoms with Crippen molar-refractivity contribution in [3.8, 4) is 11.3 Å². The molecule has 144 valence electrons. The second-order valence-electron chi connectivity index (χ2n) is 5.78. The molecule has 0 bridgehead atoms. The Morgan fingerprint density at radius 3 is 2.57 bits per heavy atom. The first-order chi connectivity index (χ1) is 13.2. The van der Waals surface area contributed by atoms with E-state index in [2.05, 4.69) is 15.0 Å². The van der Waals surface area contributed by atoms with Crippen LogP contribution in [-0.4, -0.2) is 31.9 Å². The Morgan fingerprint density at radius 2 is 1.93 bits per heavy atom. The average Bonchev–Trinajstić information content (AvgIpc) is 3.05. The Hall–Kier alpha value is -2.75. The molecule has 0 aliphatic heterocycles. The van der Waals surface area contributed by atoms with Crippen LogP contribution in [0.5, 0.6) is 0 Å². The largest absolute Gasteiger partial charge is 0.321 e. The summed E-state index contributed by atoms with van der Waals surface area (Å²) in [5, 5.41) is 2.91. The van der Waals surface area contributed by atoms with Gasteiger partial charge < -0.3 is 5.32 Å². The molecule has 1 aromatic carbocycles. The van der Waals surface area contributed by atoms with Gasteiger partial charge in [-0.05, 0) is 36.4 Å². The fourth-order valence-electron chi connectivity index (χ4n) is 2.45. The lowest BCUT2D eigenvalue weighted by Gasteiger charge is -2.09. The summed E-state index contributed by atoms with van der Waals surface area (Å²) in [6.07, 6.45) is 3.29. The van der Waals surface area contributed by atoms with Crippen LogP contribution < -0.4 is 10.0 Å². The number of carbonyl (C=O) groups excluding carboxylic acids is 2. The van der Waals surface area contributed by atoms with Gasteiger partial charge in [0.15, 0.2) is 6.29 Å². The van der Waals surface area contributed by atoms with Gasteiger partial charge in [-0.1, -0.05) is 17.7 Å². The number of rotatable bonds is 6. The lowest BCUT2D eigenvalue weighted by molar-refractivity contribution is 0.103. The molecule has 0 saturated carbocycles. The van der Waals surface area contributed by atoms with Gasteiger partial charge in [0.1, 0.15) is 0 Å². The molecule has 7 nitrogen and oxygen atoms in total. The van der Waals surface area contributed by atoms with Gasteiger partial charge in [0.2, 0.25) is 10.0 Å². The highest BCUT2D eigenvalue weighted by Gasteiger charge is 2.17. The zero-order chi connectivity index (χ0) is 20.3. The Bertz CT molecular complexity index is 1140. The highest BCUT2D eigenvalue weighted by molar-refractivity contribution is 7.92. The first-order valence-electron chi connectivity index (χ1n) is 7.85. The third-order valence-electron chi connectivity index (χ3n) is 3.49. The van der Waals surface area contributed by atoms with Crippen molar-refractivity contribution in [2.24, 2.45) is 0 Å². The fraction of sp³-hybridized carbons (Fsp3) is 0.0556. The van der Waals surface area contributed by atoms with Crippen molar-refractivity contribution < 1.29 is 18.0 Å². The molecule has 0 aliphatic rings. The molecule has 0 saturated heterocycles. The smallest absolute Gasteiger partial charge is 0.265 e. The van der Waals surface area contributed by atoms with E-state index in [1.54, 1.807) is 30.5 Å². The molecular formula is C18H14ClN3O4S2. The van der Waals surface area contributed by atoms with Gasteiger partial charge in [0.05, 0.1) is 27.4 Å². The maximum absolute atomic E-state index is 12.6. The molecule has 2 aromatic heterocycles. The van der Waals surface area contributed by atoms with E-state index in [0.29, 0.717) is 33.0 Å². The van der Waals surface area contributed by atoms with Crippen molar-refractivity contribution in [1.29, 1.82) is 0 Å². The molecular weight excluding hydrogens is 422 g/mol. The predicted octanol–water partition coefficient (Wildman–Crippen LogP) is 3.90. The predicted molar refractivity (Wildman–Crippen MR) is 111 cm³/mol. The monoisotopic (exact) mass is 435 g/mol. The molecule has 1 amide bonds. The van der Waals surface area contributed by atoms with E-state index in [4.69, 9.17) is 11.6 Å². The van der Waals surface area contributed by atoms with Crippen LogP contribution in [0.15, 0.2) is 48.7 Å². The lowest BCUT2D eigenvalue weighted by Crippen LogP contribution is -2.12. The standard InChI is InChI=1S/C18H14ClN3O4S2/c1-28(25,26)22-13-7-11(19)6-12(8-13)21-18(24)16-9-14(17(10-23)27-16)15-4-2-3-5-20-15/h2-10,22H,1H3,(H,21,24). The summed E-state index contributed by atoms with van der Waals surface area (Å²) in [7, 11) is -3.49. The first-order valence-corrected chi connectivity index (χ1v) is 10.9. The Balaban J connectivity index is 1.88. The van der Waals surface area contributed by atoms with E-state index in [9.17, 15) is 18.0 Å². The summed E-state index contributed by atoms with van der Waals surface area (Å²) >= 11 is 7.04. The Labute approximate surface area is 170 Å². The molecule has 0 atom stereocenters. The number of aldehydes is 1. The van der Waals surface area contributed by atoms with E-state index >= 15 is 0 Å². The van der Waals surface area contributed by atoms with Gasteiger partial charge >= 0.3 is 0 Å². The summed E-state index contributed by atoms with van der Waals surface area (Å²) in [5.41, 5.74) is 1.68. The number of anilines is 2. The summed E-state index contributed by atoms with van der Waals surface area (Å²) in [4.78, 5) is 28.9. The first kappa shape index (κ1) is 20.0. The summed E-state index contributed by atoms with van der Waals surface area (Å²) in [6.45, 7) is 0. The SMILES string of the molecule is CS(=O)(=O)Nc1cc(Cl)cc(NC(=O)c2cc(-c3ccccn3)c(C=O)s2)c1. The van der Waals surface area contributed by atoms with Crippen LogP contribution in [0.4, 0.5) is 11.4 Å². The minimum Gasteiger partial charge on any atom is -0.321 e. The molecule has 3 rings (SSSR count). The number of aromatic nitrogens is 1. The van der Waals surface area contributed by atoms with Gasteiger partial charge in [-0.3, -0.25) is 19.3 Å². The molecule has 0 aliphatic carbocycles. The third-order valence-corrected chi connectivity index (χ3v) is 5.38. The molecule has 0 unspecified atom stereocenters. The summed E-state index contributed by atoms with van der Waals surface area (Å²) in [6, 6.07) is 11.2. The van der Waals surface area contributed by atoms with Crippen LogP contribution in [0.2, 0.25) is 5.02 Å². The number of hydrogen-bond donors (Lipinski definition) is 2. The molecule has 28 heavy (non-hydrogen) atoms. The van der Waals surface area contributed by atoms with Crippen molar-refractivity contribution in [2.45, 2.75) is 0 Å². The van der Waals surface area contributed by atoms with Gasteiger partial charge in [0, 0.05) is 22.5 Å².